The molecule has 3 rings (SSSR count). The molecule has 1 aromatic carbocycles. The van der Waals surface area contributed by atoms with Crippen molar-refractivity contribution in [3.05, 3.63) is 34.6 Å². The molecular formula is C16H18ClFN4O3S3. The first kappa shape index (κ1) is 21.4. The number of nitrogens with zero attached hydrogens (tertiary/aromatic N) is 3. The van der Waals surface area contributed by atoms with Crippen molar-refractivity contribution >= 4 is 55.8 Å². The number of piperidine rings is 1. The first-order valence-electron chi connectivity index (χ1n) is 8.39. The molecule has 0 atom stereocenters. The Labute approximate surface area is 175 Å². The van der Waals surface area contributed by atoms with Gasteiger partial charge in [-0.2, -0.15) is 0 Å². The molecule has 1 N–H and O–H groups in total. The van der Waals surface area contributed by atoms with Crippen LogP contribution in [0.15, 0.2) is 22.5 Å². The molecule has 12 heteroatoms. The molecule has 0 bridgehead atoms. The molecule has 1 amide bonds. The molecule has 1 fully saturated rings. The molecule has 1 aromatic heterocycles. The van der Waals surface area contributed by atoms with Crippen molar-refractivity contribution in [2.24, 2.45) is 5.92 Å². The molecule has 1 aliphatic heterocycles. The van der Waals surface area contributed by atoms with E-state index in [-0.39, 0.29) is 17.6 Å². The second kappa shape index (κ2) is 9.04. The highest BCUT2D eigenvalue weighted by Gasteiger charge is 2.29. The minimum atomic E-state index is -3.22. The summed E-state index contributed by atoms with van der Waals surface area (Å²) in [7, 11) is -3.22. The fourth-order valence-corrected chi connectivity index (χ4v) is 5.75. The van der Waals surface area contributed by atoms with Crippen LogP contribution in [0, 0.1) is 11.7 Å². The smallest absolute Gasteiger partial charge is 0.229 e. The molecule has 0 unspecified atom stereocenters. The average Bonchev–Trinajstić information content (AvgIpc) is 3.08. The average molecular weight is 465 g/mol. The van der Waals surface area contributed by atoms with Crippen LogP contribution in [0.25, 0.3) is 0 Å². The second-order valence-corrected chi connectivity index (χ2v) is 10.9. The van der Waals surface area contributed by atoms with Crippen molar-refractivity contribution < 1.29 is 17.6 Å². The number of hydrogen-bond acceptors (Lipinski definition) is 7. The lowest BCUT2D eigenvalue weighted by molar-refractivity contribution is -0.120. The van der Waals surface area contributed by atoms with E-state index >= 15 is 0 Å². The molecule has 0 aliphatic carbocycles. The Kier molecular flexibility index (Phi) is 6.92. The first-order valence-corrected chi connectivity index (χ1v) is 12.4. The highest BCUT2D eigenvalue weighted by atomic mass is 35.5. The second-order valence-electron chi connectivity index (χ2n) is 6.29. The van der Waals surface area contributed by atoms with Crippen LogP contribution < -0.4 is 5.32 Å². The molecule has 1 aliphatic rings. The Balaban J connectivity index is 1.53. The van der Waals surface area contributed by atoms with Gasteiger partial charge in [0.2, 0.25) is 21.1 Å². The van der Waals surface area contributed by atoms with E-state index in [4.69, 9.17) is 11.6 Å². The summed E-state index contributed by atoms with van der Waals surface area (Å²) in [4.78, 5) is 12.4. The molecular weight excluding hydrogens is 447 g/mol. The molecule has 0 saturated carbocycles. The third-order valence-electron chi connectivity index (χ3n) is 4.33. The van der Waals surface area contributed by atoms with Crippen LogP contribution >= 0.6 is 34.7 Å². The maximum atomic E-state index is 13.8. The molecule has 28 heavy (non-hydrogen) atoms. The largest absolute Gasteiger partial charge is 0.300 e. The van der Waals surface area contributed by atoms with E-state index in [9.17, 15) is 17.6 Å². The summed E-state index contributed by atoms with van der Waals surface area (Å²) >= 11 is 8.49. The van der Waals surface area contributed by atoms with Crippen LogP contribution in [-0.4, -0.2) is 48.2 Å². The third kappa shape index (κ3) is 5.41. The van der Waals surface area contributed by atoms with Gasteiger partial charge in [0.15, 0.2) is 4.34 Å². The number of thioether (sulfide) groups is 1. The molecule has 1 saturated heterocycles. The van der Waals surface area contributed by atoms with Crippen LogP contribution in [0.1, 0.15) is 18.4 Å². The number of aromatic nitrogens is 2. The number of halogens is 2. The number of carbonyl (C=O) groups excluding carboxylic acids is 1. The fraction of sp³-hybridized carbons (Fsp3) is 0.438. The zero-order valence-corrected chi connectivity index (χ0v) is 18.1. The van der Waals surface area contributed by atoms with Crippen molar-refractivity contribution in [3.63, 3.8) is 0 Å². The van der Waals surface area contributed by atoms with Gasteiger partial charge in [-0.05, 0) is 25.0 Å². The Hall–Kier alpha value is -1.27. The Morgan fingerprint density at radius 1 is 1.39 bits per heavy atom. The topological polar surface area (TPSA) is 92.3 Å². The van der Waals surface area contributed by atoms with E-state index in [2.05, 4.69) is 15.5 Å². The van der Waals surface area contributed by atoms with Gasteiger partial charge in [-0.25, -0.2) is 17.1 Å². The van der Waals surface area contributed by atoms with E-state index in [1.165, 1.54) is 39.7 Å². The van der Waals surface area contributed by atoms with E-state index in [0.29, 0.717) is 51.7 Å². The molecule has 2 heterocycles. The van der Waals surface area contributed by atoms with Crippen molar-refractivity contribution in [2.75, 3.05) is 24.7 Å². The monoisotopic (exact) mass is 464 g/mol. The van der Waals surface area contributed by atoms with Gasteiger partial charge in [-0.3, -0.25) is 4.79 Å². The number of carbonyl (C=O) groups is 1. The lowest BCUT2D eigenvalue weighted by Crippen LogP contribution is -2.40. The fourth-order valence-electron chi connectivity index (χ4n) is 2.78. The maximum Gasteiger partial charge on any atom is 0.229 e. The Morgan fingerprint density at radius 2 is 2.11 bits per heavy atom. The minimum absolute atomic E-state index is 0.196. The Bertz CT molecular complexity index is 942. The van der Waals surface area contributed by atoms with Gasteiger partial charge in [0.25, 0.3) is 0 Å². The minimum Gasteiger partial charge on any atom is -0.300 e. The maximum absolute atomic E-state index is 13.8. The number of anilines is 1. The summed E-state index contributed by atoms with van der Waals surface area (Å²) in [6.45, 7) is 0.662. The number of rotatable bonds is 6. The highest BCUT2D eigenvalue weighted by molar-refractivity contribution is 8.00. The number of sulfonamides is 1. The van der Waals surface area contributed by atoms with Crippen molar-refractivity contribution in [2.45, 2.75) is 22.9 Å². The lowest BCUT2D eigenvalue weighted by atomic mass is 9.97. The molecule has 0 radical (unpaired) electrons. The van der Waals surface area contributed by atoms with Gasteiger partial charge in [0, 0.05) is 35.3 Å². The summed E-state index contributed by atoms with van der Waals surface area (Å²) in [5.41, 5.74) is 0.396. The van der Waals surface area contributed by atoms with Gasteiger partial charge in [0.1, 0.15) is 5.82 Å². The van der Waals surface area contributed by atoms with Crippen molar-refractivity contribution in [3.8, 4) is 0 Å². The standard InChI is InChI=1S/C16H18ClFN4O3S3/c1-28(24,25)22-7-5-10(6-8-22)14(23)19-15-20-21-16(27-15)26-9-11-12(17)3-2-4-13(11)18/h2-4,10H,5-9H2,1H3,(H,19,20,23). The van der Waals surface area contributed by atoms with Gasteiger partial charge in [-0.1, -0.05) is 40.8 Å². The molecule has 2 aromatic rings. The predicted octanol–water partition coefficient (Wildman–Crippen LogP) is 3.23. The van der Waals surface area contributed by atoms with E-state index < -0.39 is 10.0 Å². The van der Waals surface area contributed by atoms with Gasteiger partial charge in [-0.15, -0.1) is 10.2 Å². The van der Waals surface area contributed by atoms with Gasteiger partial charge >= 0.3 is 0 Å². The van der Waals surface area contributed by atoms with Crippen molar-refractivity contribution in [1.29, 1.82) is 0 Å². The van der Waals surface area contributed by atoms with Crippen molar-refractivity contribution in [1.82, 2.24) is 14.5 Å². The lowest BCUT2D eigenvalue weighted by Gasteiger charge is -2.29. The highest BCUT2D eigenvalue weighted by Crippen LogP contribution is 2.32. The van der Waals surface area contributed by atoms with Crippen LogP contribution in [0.2, 0.25) is 5.02 Å². The summed E-state index contributed by atoms with van der Waals surface area (Å²) in [6, 6.07) is 4.52. The molecule has 0 spiro atoms. The number of hydrogen-bond donors (Lipinski definition) is 1. The third-order valence-corrected chi connectivity index (χ3v) is 7.99. The number of nitrogens with one attached hydrogen (secondary N) is 1. The van der Waals surface area contributed by atoms with Crippen LogP contribution in [0.4, 0.5) is 9.52 Å². The van der Waals surface area contributed by atoms with Gasteiger partial charge < -0.3 is 5.32 Å². The van der Waals surface area contributed by atoms with Gasteiger partial charge in [0.05, 0.1) is 6.26 Å². The zero-order valence-electron chi connectivity index (χ0n) is 14.9. The van der Waals surface area contributed by atoms with E-state index in [0.717, 1.165) is 0 Å². The van der Waals surface area contributed by atoms with E-state index in [1.807, 2.05) is 0 Å². The first-order chi connectivity index (χ1) is 13.2. The van der Waals surface area contributed by atoms with E-state index in [1.54, 1.807) is 12.1 Å². The number of benzene rings is 1. The van der Waals surface area contributed by atoms with Crippen LogP contribution in [0.3, 0.4) is 0 Å². The number of amides is 1. The quantitative estimate of drug-likeness (QED) is 0.521. The summed E-state index contributed by atoms with van der Waals surface area (Å²) < 4.78 is 38.8. The van der Waals surface area contributed by atoms with Crippen LogP contribution in [-0.2, 0) is 20.6 Å². The summed E-state index contributed by atoms with van der Waals surface area (Å²) in [5.74, 6) is -0.537. The summed E-state index contributed by atoms with van der Waals surface area (Å²) in [6.07, 6.45) is 2.10. The Morgan fingerprint density at radius 3 is 2.75 bits per heavy atom. The molecule has 152 valence electrons. The SMILES string of the molecule is CS(=O)(=O)N1CCC(C(=O)Nc2nnc(SCc3c(F)cccc3Cl)s2)CC1. The normalized spacial score (nSPS) is 16.2. The predicted molar refractivity (Wildman–Crippen MR) is 109 cm³/mol. The van der Waals surface area contributed by atoms with Crippen LogP contribution in [0.5, 0.6) is 0 Å². The molecule has 7 nitrogen and oxygen atoms in total. The zero-order chi connectivity index (χ0) is 20.3. The summed E-state index contributed by atoms with van der Waals surface area (Å²) in [5, 5.41) is 11.4.